The van der Waals surface area contributed by atoms with E-state index in [2.05, 4.69) is 0 Å². The lowest BCUT2D eigenvalue weighted by Crippen LogP contribution is -1.97. The van der Waals surface area contributed by atoms with Crippen LogP contribution in [0.5, 0.6) is 5.75 Å². The molecule has 0 aliphatic rings. The number of ether oxygens (including phenoxy) is 1. The van der Waals surface area contributed by atoms with Crippen molar-refractivity contribution in [1.82, 2.24) is 0 Å². The zero-order valence-corrected chi connectivity index (χ0v) is 11.4. The molecule has 2 aromatic carbocycles. The molecule has 0 aliphatic heterocycles. The SMILES string of the molecule is COc1ccc(-c2ccc(Cl)c(CN)c2)cc1Cl. The molecule has 0 radical (unpaired) electrons. The Morgan fingerprint density at radius 1 is 1.00 bits per heavy atom. The van der Waals surface area contributed by atoms with Crippen LogP contribution < -0.4 is 10.5 Å². The van der Waals surface area contributed by atoms with Gasteiger partial charge in [-0.3, -0.25) is 0 Å². The summed E-state index contributed by atoms with van der Waals surface area (Å²) in [4.78, 5) is 0. The third-order valence-corrected chi connectivity index (χ3v) is 3.41. The summed E-state index contributed by atoms with van der Waals surface area (Å²) >= 11 is 12.1. The predicted octanol–water partition coefficient (Wildman–Crippen LogP) is 4.13. The summed E-state index contributed by atoms with van der Waals surface area (Å²) < 4.78 is 5.13. The first-order valence-electron chi connectivity index (χ1n) is 5.48. The van der Waals surface area contributed by atoms with Crippen molar-refractivity contribution in [1.29, 1.82) is 0 Å². The fourth-order valence-electron chi connectivity index (χ4n) is 1.76. The Morgan fingerprint density at radius 2 is 1.67 bits per heavy atom. The third-order valence-electron chi connectivity index (χ3n) is 2.75. The largest absolute Gasteiger partial charge is 0.495 e. The standard InChI is InChI=1S/C14H13Cl2NO/c1-18-14-5-3-10(7-13(14)16)9-2-4-12(15)11(6-9)8-17/h2-7H,8,17H2,1H3. The number of hydrogen-bond donors (Lipinski definition) is 1. The first kappa shape index (κ1) is 13.2. The maximum Gasteiger partial charge on any atom is 0.137 e. The van der Waals surface area contributed by atoms with Crippen molar-refractivity contribution >= 4 is 23.2 Å². The third kappa shape index (κ3) is 2.61. The molecule has 0 saturated carbocycles. The van der Waals surface area contributed by atoms with Crippen LogP contribution >= 0.6 is 23.2 Å². The Balaban J connectivity index is 2.45. The van der Waals surface area contributed by atoms with E-state index in [9.17, 15) is 0 Å². The summed E-state index contributed by atoms with van der Waals surface area (Å²) in [6.07, 6.45) is 0. The maximum atomic E-state index is 6.11. The normalized spacial score (nSPS) is 10.4. The number of rotatable bonds is 3. The number of hydrogen-bond acceptors (Lipinski definition) is 2. The van der Waals surface area contributed by atoms with Crippen molar-refractivity contribution in [3.8, 4) is 16.9 Å². The molecule has 0 spiro atoms. The van der Waals surface area contributed by atoms with Crippen LogP contribution in [0.15, 0.2) is 36.4 Å². The zero-order valence-electron chi connectivity index (χ0n) is 9.91. The van der Waals surface area contributed by atoms with E-state index in [1.807, 2.05) is 36.4 Å². The van der Waals surface area contributed by atoms with Gasteiger partial charge in [0.1, 0.15) is 5.75 Å². The van der Waals surface area contributed by atoms with E-state index in [1.165, 1.54) is 0 Å². The number of benzene rings is 2. The second kappa shape index (κ2) is 5.61. The van der Waals surface area contributed by atoms with Gasteiger partial charge in [0, 0.05) is 11.6 Å². The van der Waals surface area contributed by atoms with Crippen molar-refractivity contribution in [2.45, 2.75) is 6.54 Å². The van der Waals surface area contributed by atoms with Crippen molar-refractivity contribution in [3.63, 3.8) is 0 Å². The van der Waals surface area contributed by atoms with E-state index >= 15 is 0 Å². The molecule has 0 unspecified atom stereocenters. The molecule has 0 fully saturated rings. The topological polar surface area (TPSA) is 35.2 Å². The van der Waals surface area contributed by atoms with Gasteiger partial charge in [-0.15, -0.1) is 0 Å². The highest BCUT2D eigenvalue weighted by Gasteiger charge is 2.06. The van der Waals surface area contributed by atoms with Crippen molar-refractivity contribution in [2.24, 2.45) is 5.73 Å². The van der Waals surface area contributed by atoms with Gasteiger partial charge in [0.2, 0.25) is 0 Å². The van der Waals surface area contributed by atoms with Crippen LogP contribution in [0, 0.1) is 0 Å². The molecule has 0 amide bonds. The summed E-state index contributed by atoms with van der Waals surface area (Å²) in [5, 5.41) is 1.26. The van der Waals surface area contributed by atoms with E-state index in [-0.39, 0.29) is 0 Å². The summed E-state index contributed by atoms with van der Waals surface area (Å²) in [6.45, 7) is 0.413. The van der Waals surface area contributed by atoms with Gasteiger partial charge in [-0.2, -0.15) is 0 Å². The molecule has 0 atom stereocenters. The maximum absolute atomic E-state index is 6.11. The van der Waals surface area contributed by atoms with Crippen LogP contribution in [0.1, 0.15) is 5.56 Å². The lowest BCUT2D eigenvalue weighted by molar-refractivity contribution is 0.415. The first-order valence-corrected chi connectivity index (χ1v) is 6.23. The van der Waals surface area contributed by atoms with E-state index in [1.54, 1.807) is 7.11 Å². The van der Waals surface area contributed by atoms with Crippen LogP contribution in [0.4, 0.5) is 0 Å². The summed E-state index contributed by atoms with van der Waals surface area (Å²) in [6, 6.07) is 11.4. The molecule has 2 rings (SSSR count). The van der Waals surface area contributed by atoms with Crippen LogP contribution in [0.2, 0.25) is 10.0 Å². The monoisotopic (exact) mass is 281 g/mol. The van der Waals surface area contributed by atoms with Crippen LogP contribution in [0.3, 0.4) is 0 Å². The summed E-state index contributed by atoms with van der Waals surface area (Å²) in [5.41, 5.74) is 8.60. The molecule has 2 aromatic rings. The van der Waals surface area contributed by atoms with E-state index in [0.29, 0.717) is 22.3 Å². The fourth-order valence-corrected chi connectivity index (χ4v) is 2.21. The van der Waals surface area contributed by atoms with Crippen LogP contribution in [-0.2, 0) is 6.54 Å². The molecule has 0 aliphatic carbocycles. The van der Waals surface area contributed by atoms with Gasteiger partial charge in [0.25, 0.3) is 0 Å². The van der Waals surface area contributed by atoms with Gasteiger partial charge in [-0.25, -0.2) is 0 Å². The highest BCUT2D eigenvalue weighted by molar-refractivity contribution is 6.32. The molecule has 0 heterocycles. The Kier molecular flexibility index (Phi) is 4.12. The quantitative estimate of drug-likeness (QED) is 0.918. The fraction of sp³-hybridized carbons (Fsp3) is 0.143. The minimum Gasteiger partial charge on any atom is -0.495 e. The minimum atomic E-state index is 0.413. The second-order valence-electron chi connectivity index (χ2n) is 3.86. The van der Waals surface area contributed by atoms with Crippen LogP contribution in [0.25, 0.3) is 11.1 Å². The predicted molar refractivity (Wildman–Crippen MR) is 76.3 cm³/mol. The van der Waals surface area contributed by atoms with Crippen molar-refractivity contribution < 1.29 is 4.74 Å². The molecule has 0 bridgehead atoms. The van der Waals surface area contributed by atoms with Gasteiger partial charge in [0.15, 0.2) is 0 Å². The Labute approximate surface area is 116 Å². The van der Waals surface area contributed by atoms with Gasteiger partial charge < -0.3 is 10.5 Å². The molecule has 94 valence electrons. The highest BCUT2D eigenvalue weighted by Crippen LogP contribution is 2.31. The number of halogens is 2. The molecule has 2 nitrogen and oxygen atoms in total. The van der Waals surface area contributed by atoms with Gasteiger partial charge in [0.05, 0.1) is 12.1 Å². The minimum absolute atomic E-state index is 0.413. The smallest absolute Gasteiger partial charge is 0.137 e. The van der Waals surface area contributed by atoms with Gasteiger partial charge >= 0.3 is 0 Å². The van der Waals surface area contributed by atoms with Crippen molar-refractivity contribution in [2.75, 3.05) is 7.11 Å². The van der Waals surface area contributed by atoms with Crippen LogP contribution in [-0.4, -0.2) is 7.11 Å². The molecule has 18 heavy (non-hydrogen) atoms. The Bertz CT molecular complexity index is 570. The average Bonchev–Trinajstić information content (AvgIpc) is 2.39. The molecular weight excluding hydrogens is 269 g/mol. The lowest BCUT2D eigenvalue weighted by atomic mass is 10.0. The molecule has 0 aromatic heterocycles. The van der Waals surface area contributed by atoms with Crippen molar-refractivity contribution in [3.05, 3.63) is 52.0 Å². The Hall–Kier alpha value is -1.22. The zero-order chi connectivity index (χ0) is 13.1. The number of nitrogens with two attached hydrogens (primary N) is 1. The highest BCUT2D eigenvalue weighted by atomic mass is 35.5. The van der Waals surface area contributed by atoms with E-state index in [0.717, 1.165) is 16.7 Å². The van der Waals surface area contributed by atoms with E-state index in [4.69, 9.17) is 33.7 Å². The Morgan fingerprint density at radius 3 is 2.28 bits per heavy atom. The molecular formula is C14H13Cl2NO. The lowest BCUT2D eigenvalue weighted by Gasteiger charge is -2.08. The average molecular weight is 282 g/mol. The van der Waals surface area contributed by atoms with E-state index < -0.39 is 0 Å². The summed E-state index contributed by atoms with van der Waals surface area (Å²) in [5.74, 6) is 0.661. The summed E-state index contributed by atoms with van der Waals surface area (Å²) in [7, 11) is 1.59. The molecule has 0 saturated heterocycles. The molecule has 4 heteroatoms. The molecule has 2 N–H and O–H groups in total. The number of methoxy groups -OCH3 is 1. The van der Waals surface area contributed by atoms with Gasteiger partial charge in [-0.05, 0) is 41.0 Å². The first-order chi connectivity index (χ1) is 8.65. The van der Waals surface area contributed by atoms with Gasteiger partial charge in [-0.1, -0.05) is 35.3 Å². The second-order valence-corrected chi connectivity index (χ2v) is 4.67.